The summed E-state index contributed by atoms with van der Waals surface area (Å²) in [4.78, 5) is 17.4. The number of nitrogens with one attached hydrogen (secondary N) is 1. The maximum Gasteiger partial charge on any atom is 0.240 e. The van der Waals surface area contributed by atoms with Crippen molar-refractivity contribution in [3.63, 3.8) is 0 Å². The Balaban J connectivity index is 0.00000196. The van der Waals surface area contributed by atoms with E-state index in [1.165, 1.54) is 6.07 Å². The number of ether oxygens (including phenoxy) is 1. The number of carbonyl (C=O) groups excluding carboxylic acids is 1. The molecule has 0 aromatic heterocycles. The Morgan fingerprint density at radius 1 is 1.12 bits per heavy atom. The van der Waals surface area contributed by atoms with Gasteiger partial charge in [0.05, 0.1) is 6.04 Å². The monoisotopic (exact) mass is 383 g/mol. The zero-order valence-electron chi connectivity index (χ0n) is 14.9. The number of piperazine rings is 1. The molecule has 0 radical (unpaired) electrons. The minimum Gasteiger partial charge on any atom is -0.381 e. The van der Waals surface area contributed by atoms with Gasteiger partial charge in [-0.05, 0) is 37.0 Å². The van der Waals surface area contributed by atoms with Crippen LogP contribution in [0.5, 0.6) is 0 Å². The summed E-state index contributed by atoms with van der Waals surface area (Å²) in [7, 11) is 0. The molecule has 0 bridgehead atoms. The van der Waals surface area contributed by atoms with Gasteiger partial charge in [-0.25, -0.2) is 4.39 Å². The summed E-state index contributed by atoms with van der Waals surface area (Å²) in [5.41, 5.74) is 0.949. The molecule has 26 heavy (non-hydrogen) atoms. The Hall–Kier alpha value is -1.21. The van der Waals surface area contributed by atoms with Crippen LogP contribution < -0.4 is 5.32 Å². The highest BCUT2D eigenvalue weighted by molar-refractivity contribution is 5.85. The highest BCUT2D eigenvalue weighted by Gasteiger charge is 2.42. The maximum atomic E-state index is 13.7. The second-order valence-corrected chi connectivity index (χ2v) is 7.19. The number of carbonyl (C=O) groups is 1. The topological polar surface area (TPSA) is 44.8 Å². The molecule has 1 aromatic carbocycles. The number of amides is 1. The summed E-state index contributed by atoms with van der Waals surface area (Å²) in [5, 5.41) is 3.39. The highest BCUT2D eigenvalue weighted by Crippen LogP contribution is 2.31. The fourth-order valence-electron chi connectivity index (χ4n) is 4.47. The normalized spacial score (nSPS) is 28.2. The number of nitrogens with zero attached hydrogens (tertiary/aromatic N) is 2. The van der Waals surface area contributed by atoms with Gasteiger partial charge >= 0.3 is 0 Å². The van der Waals surface area contributed by atoms with Crippen LogP contribution in [-0.4, -0.2) is 67.2 Å². The smallest absolute Gasteiger partial charge is 0.240 e. The molecule has 1 N–H and O–H groups in total. The first-order valence-corrected chi connectivity index (χ1v) is 9.34. The zero-order valence-corrected chi connectivity index (χ0v) is 15.7. The maximum absolute atomic E-state index is 13.7. The third-order valence-corrected chi connectivity index (χ3v) is 5.76. The summed E-state index contributed by atoms with van der Waals surface area (Å²) in [6, 6.07) is 7.07. The molecule has 3 heterocycles. The molecular formula is C19H27ClFN3O2. The average Bonchev–Trinajstić information content (AvgIpc) is 3.04. The molecule has 1 aromatic rings. The summed E-state index contributed by atoms with van der Waals surface area (Å²) in [6.07, 6.45) is 2.74. The van der Waals surface area contributed by atoms with Crippen LogP contribution in [0.15, 0.2) is 24.3 Å². The van der Waals surface area contributed by atoms with Gasteiger partial charge < -0.3 is 15.0 Å². The van der Waals surface area contributed by atoms with Crippen molar-refractivity contribution in [2.75, 3.05) is 39.4 Å². The van der Waals surface area contributed by atoms with Crippen LogP contribution in [0.1, 0.15) is 30.9 Å². The second kappa shape index (κ2) is 8.65. The summed E-state index contributed by atoms with van der Waals surface area (Å²) < 4.78 is 19.1. The Bertz CT molecular complexity index is 627. The van der Waals surface area contributed by atoms with Crippen molar-refractivity contribution in [1.82, 2.24) is 15.1 Å². The molecule has 0 aliphatic carbocycles. The minimum atomic E-state index is -0.218. The molecule has 3 fully saturated rings. The van der Waals surface area contributed by atoms with Gasteiger partial charge in [-0.2, -0.15) is 0 Å². The summed E-state index contributed by atoms with van der Waals surface area (Å²) >= 11 is 0. The molecule has 0 saturated carbocycles. The zero-order chi connectivity index (χ0) is 17.2. The second-order valence-electron chi connectivity index (χ2n) is 7.19. The highest BCUT2D eigenvalue weighted by atomic mass is 35.5. The lowest BCUT2D eigenvalue weighted by Crippen LogP contribution is -2.53. The summed E-state index contributed by atoms with van der Waals surface area (Å²) in [5.74, 6) is 0.0276. The lowest BCUT2D eigenvalue weighted by Gasteiger charge is -2.40. The van der Waals surface area contributed by atoms with Gasteiger partial charge in [0.2, 0.25) is 5.91 Å². The van der Waals surface area contributed by atoms with Gasteiger partial charge in [0, 0.05) is 51.5 Å². The van der Waals surface area contributed by atoms with Gasteiger partial charge in [0.1, 0.15) is 5.82 Å². The SMILES string of the molecule is Cl.O=C1C(N2CCNCC2c2cccc(F)c2)CCN1C1CCOCC1. The molecule has 144 valence electrons. The molecule has 3 aliphatic rings. The first kappa shape index (κ1) is 19.5. The quantitative estimate of drug-likeness (QED) is 0.866. The molecule has 1 amide bonds. The summed E-state index contributed by atoms with van der Waals surface area (Å²) in [6.45, 7) is 4.77. The molecule has 4 rings (SSSR count). The van der Waals surface area contributed by atoms with E-state index in [-0.39, 0.29) is 36.2 Å². The molecule has 2 atom stereocenters. The number of benzene rings is 1. The third-order valence-electron chi connectivity index (χ3n) is 5.76. The molecule has 7 heteroatoms. The predicted octanol–water partition coefficient (Wildman–Crippen LogP) is 1.97. The largest absolute Gasteiger partial charge is 0.381 e. The van der Waals surface area contributed by atoms with E-state index in [4.69, 9.17) is 4.74 Å². The first-order chi connectivity index (χ1) is 12.2. The number of halogens is 2. The Morgan fingerprint density at radius 3 is 2.69 bits per heavy atom. The van der Waals surface area contributed by atoms with Crippen molar-refractivity contribution in [3.05, 3.63) is 35.6 Å². The van der Waals surface area contributed by atoms with Gasteiger partial charge in [0.15, 0.2) is 0 Å². The van der Waals surface area contributed by atoms with Gasteiger partial charge in [-0.15, -0.1) is 12.4 Å². The molecule has 3 saturated heterocycles. The number of hydrogen-bond acceptors (Lipinski definition) is 4. The fourth-order valence-corrected chi connectivity index (χ4v) is 4.47. The van der Waals surface area contributed by atoms with E-state index >= 15 is 0 Å². The van der Waals surface area contributed by atoms with Crippen molar-refractivity contribution < 1.29 is 13.9 Å². The van der Waals surface area contributed by atoms with Gasteiger partial charge in [-0.1, -0.05) is 12.1 Å². The van der Waals surface area contributed by atoms with Gasteiger partial charge in [0.25, 0.3) is 0 Å². The van der Waals surface area contributed by atoms with E-state index in [9.17, 15) is 9.18 Å². The standard InChI is InChI=1S/C19H26FN3O2.ClH/c20-15-3-1-2-14(12-15)18-13-21-7-9-23(18)17-4-8-22(19(17)24)16-5-10-25-11-6-16;/h1-3,12,16-18,21H,4-11,13H2;1H. The molecular weight excluding hydrogens is 357 g/mol. The predicted molar refractivity (Wildman–Crippen MR) is 99.9 cm³/mol. The van der Waals surface area contributed by atoms with E-state index in [2.05, 4.69) is 15.1 Å². The van der Waals surface area contributed by atoms with Crippen LogP contribution in [0, 0.1) is 5.82 Å². The molecule has 3 aliphatic heterocycles. The number of likely N-dealkylation sites (tertiary alicyclic amines) is 1. The third kappa shape index (κ3) is 3.88. The molecule has 2 unspecified atom stereocenters. The van der Waals surface area contributed by atoms with Crippen molar-refractivity contribution in [2.24, 2.45) is 0 Å². The van der Waals surface area contributed by atoms with Crippen molar-refractivity contribution in [2.45, 2.75) is 37.4 Å². The van der Waals surface area contributed by atoms with Crippen LogP contribution in [0.2, 0.25) is 0 Å². The Labute approximate surface area is 160 Å². The van der Waals surface area contributed by atoms with Gasteiger partial charge in [-0.3, -0.25) is 9.69 Å². The van der Waals surface area contributed by atoms with E-state index < -0.39 is 0 Å². The van der Waals surface area contributed by atoms with Crippen LogP contribution in [0.25, 0.3) is 0 Å². The first-order valence-electron chi connectivity index (χ1n) is 9.34. The minimum absolute atomic E-state index is 0. The average molecular weight is 384 g/mol. The van der Waals surface area contributed by atoms with E-state index in [0.717, 1.165) is 64.2 Å². The van der Waals surface area contributed by atoms with Crippen molar-refractivity contribution in [1.29, 1.82) is 0 Å². The van der Waals surface area contributed by atoms with E-state index in [0.29, 0.717) is 6.04 Å². The fraction of sp³-hybridized carbons (Fsp3) is 0.632. The van der Waals surface area contributed by atoms with Crippen molar-refractivity contribution in [3.8, 4) is 0 Å². The Morgan fingerprint density at radius 2 is 1.92 bits per heavy atom. The van der Waals surface area contributed by atoms with Crippen LogP contribution >= 0.6 is 12.4 Å². The van der Waals surface area contributed by atoms with Crippen LogP contribution in [0.4, 0.5) is 4.39 Å². The van der Waals surface area contributed by atoms with Crippen molar-refractivity contribution >= 4 is 18.3 Å². The lowest BCUT2D eigenvalue weighted by molar-refractivity contribution is -0.136. The lowest BCUT2D eigenvalue weighted by atomic mass is 10.00. The molecule has 5 nitrogen and oxygen atoms in total. The Kier molecular flexibility index (Phi) is 6.51. The number of rotatable bonds is 3. The van der Waals surface area contributed by atoms with E-state index in [1.54, 1.807) is 12.1 Å². The van der Waals surface area contributed by atoms with E-state index in [1.807, 2.05) is 6.07 Å². The van der Waals surface area contributed by atoms with Crippen LogP contribution in [-0.2, 0) is 9.53 Å². The molecule has 0 spiro atoms. The number of hydrogen-bond donors (Lipinski definition) is 1. The van der Waals surface area contributed by atoms with Crippen LogP contribution in [0.3, 0.4) is 0 Å².